The third-order valence-corrected chi connectivity index (χ3v) is 3.31. The van der Waals surface area contributed by atoms with E-state index in [0.29, 0.717) is 31.7 Å². The maximum Gasteiger partial charge on any atom is 0.256 e. The lowest BCUT2D eigenvalue weighted by molar-refractivity contribution is -0.130. The van der Waals surface area contributed by atoms with Gasteiger partial charge in [0, 0.05) is 36.4 Å². The van der Waals surface area contributed by atoms with Gasteiger partial charge in [0.15, 0.2) is 0 Å². The van der Waals surface area contributed by atoms with Crippen molar-refractivity contribution in [2.24, 2.45) is 0 Å². The minimum atomic E-state index is -0.0878. The lowest BCUT2D eigenvalue weighted by Gasteiger charge is -2.17. The van der Waals surface area contributed by atoms with E-state index < -0.39 is 0 Å². The van der Waals surface area contributed by atoms with E-state index in [1.165, 1.54) is 6.20 Å². The van der Waals surface area contributed by atoms with Crippen molar-refractivity contribution in [1.82, 2.24) is 14.8 Å². The average molecular weight is 312 g/mol. The summed E-state index contributed by atoms with van der Waals surface area (Å²) in [6.45, 7) is 3.39. The van der Waals surface area contributed by atoms with Gasteiger partial charge in [0.05, 0.1) is 12.2 Å². The second kappa shape index (κ2) is 5.48. The van der Waals surface area contributed by atoms with Crippen LogP contribution in [0.5, 0.6) is 0 Å². The molecule has 1 aromatic rings. The maximum absolute atomic E-state index is 12.2. The zero-order valence-electron chi connectivity index (χ0n) is 10.1. The van der Waals surface area contributed by atoms with Gasteiger partial charge < -0.3 is 9.80 Å². The Morgan fingerprint density at radius 3 is 2.72 bits per heavy atom. The van der Waals surface area contributed by atoms with Gasteiger partial charge in [-0.2, -0.15) is 0 Å². The maximum atomic E-state index is 12.2. The summed E-state index contributed by atoms with van der Waals surface area (Å²) in [6.07, 6.45) is 3.64. The molecule has 1 saturated heterocycles. The summed E-state index contributed by atoms with van der Waals surface area (Å²) in [7, 11) is 0. The Morgan fingerprint density at radius 1 is 1.33 bits per heavy atom. The van der Waals surface area contributed by atoms with E-state index in [-0.39, 0.29) is 11.8 Å². The van der Waals surface area contributed by atoms with E-state index in [2.05, 4.69) is 20.9 Å². The minimum Gasteiger partial charge on any atom is -0.323 e. The molecule has 2 amide bonds. The highest BCUT2D eigenvalue weighted by molar-refractivity contribution is 9.10. The van der Waals surface area contributed by atoms with Crippen LogP contribution in [0.15, 0.2) is 22.9 Å². The molecule has 2 heterocycles. The Morgan fingerprint density at radius 2 is 2.06 bits per heavy atom. The molecular formula is C12H14BrN3O2. The van der Waals surface area contributed by atoms with Crippen LogP contribution in [-0.2, 0) is 4.79 Å². The normalized spacial score (nSPS) is 15.0. The number of carbonyl (C=O) groups is 2. The number of amides is 2. The molecule has 18 heavy (non-hydrogen) atoms. The van der Waals surface area contributed by atoms with Crippen molar-refractivity contribution in [3.05, 3.63) is 28.5 Å². The van der Waals surface area contributed by atoms with Gasteiger partial charge in [-0.25, -0.2) is 0 Å². The first kappa shape index (κ1) is 13.0. The second-order valence-corrected chi connectivity index (χ2v) is 5.03. The fraction of sp³-hybridized carbons (Fsp3) is 0.417. The van der Waals surface area contributed by atoms with Crippen molar-refractivity contribution in [3.63, 3.8) is 0 Å². The van der Waals surface area contributed by atoms with E-state index in [9.17, 15) is 9.59 Å². The molecule has 0 saturated carbocycles. The van der Waals surface area contributed by atoms with Crippen LogP contribution in [0.4, 0.5) is 0 Å². The highest BCUT2D eigenvalue weighted by Gasteiger charge is 2.27. The summed E-state index contributed by atoms with van der Waals surface area (Å²) in [5, 5.41) is 0. The number of hydrogen-bond donors (Lipinski definition) is 0. The molecule has 0 aromatic carbocycles. The molecule has 1 fully saturated rings. The summed E-state index contributed by atoms with van der Waals surface area (Å²) in [6, 6.07) is 1.74. The summed E-state index contributed by atoms with van der Waals surface area (Å²) < 4.78 is 0.772. The van der Waals surface area contributed by atoms with Gasteiger partial charge in [-0.1, -0.05) is 6.92 Å². The van der Waals surface area contributed by atoms with E-state index in [0.717, 1.165) is 4.47 Å². The lowest BCUT2D eigenvalue weighted by Crippen LogP contribution is -2.33. The van der Waals surface area contributed by atoms with Crippen LogP contribution in [0.3, 0.4) is 0 Å². The van der Waals surface area contributed by atoms with Crippen molar-refractivity contribution >= 4 is 27.7 Å². The Balaban J connectivity index is 2.06. The van der Waals surface area contributed by atoms with Crippen LogP contribution < -0.4 is 0 Å². The number of halogens is 1. The van der Waals surface area contributed by atoms with E-state index >= 15 is 0 Å². The van der Waals surface area contributed by atoms with Crippen molar-refractivity contribution in [2.45, 2.75) is 13.3 Å². The summed E-state index contributed by atoms with van der Waals surface area (Å²) >= 11 is 3.29. The summed E-state index contributed by atoms with van der Waals surface area (Å²) in [4.78, 5) is 31.1. The Hall–Kier alpha value is -1.43. The van der Waals surface area contributed by atoms with Crippen LogP contribution >= 0.6 is 15.9 Å². The third-order valence-electron chi connectivity index (χ3n) is 2.88. The van der Waals surface area contributed by atoms with Gasteiger partial charge in [0.1, 0.15) is 0 Å². The molecule has 6 heteroatoms. The first-order valence-electron chi connectivity index (χ1n) is 5.79. The highest BCUT2D eigenvalue weighted by atomic mass is 79.9. The Labute approximate surface area is 114 Å². The SMILES string of the molecule is CCC(=O)N1CCN(C(=O)c2cncc(Br)c2)C1. The molecule has 5 nitrogen and oxygen atoms in total. The molecule has 0 atom stereocenters. The summed E-state index contributed by atoms with van der Waals surface area (Å²) in [5.74, 6) is -0.00660. The topological polar surface area (TPSA) is 53.5 Å². The van der Waals surface area contributed by atoms with E-state index in [1.54, 1.807) is 22.1 Å². The van der Waals surface area contributed by atoms with Crippen molar-refractivity contribution in [2.75, 3.05) is 19.8 Å². The fourth-order valence-electron chi connectivity index (χ4n) is 1.89. The predicted octanol–water partition coefficient (Wildman–Crippen LogP) is 1.50. The standard InChI is InChI=1S/C12H14BrN3O2/c1-2-11(17)15-3-4-16(8-15)12(18)9-5-10(13)7-14-6-9/h5-7H,2-4,8H2,1H3. The van der Waals surface area contributed by atoms with Crippen LogP contribution in [0.2, 0.25) is 0 Å². The quantitative estimate of drug-likeness (QED) is 0.831. The molecule has 1 aliphatic heterocycles. The van der Waals surface area contributed by atoms with Crippen LogP contribution in [0.25, 0.3) is 0 Å². The second-order valence-electron chi connectivity index (χ2n) is 4.11. The molecule has 0 radical (unpaired) electrons. The first-order chi connectivity index (χ1) is 8.61. The zero-order valence-corrected chi connectivity index (χ0v) is 11.7. The Bertz CT molecular complexity index is 478. The molecule has 1 aliphatic rings. The Kier molecular flexibility index (Phi) is 3.96. The number of rotatable bonds is 2. The van der Waals surface area contributed by atoms with Crippen molar-refractivity contribution in [3.8, 4) is 0 Å². The third kappa shape index (κ3) is 2.69. The molecule has 0 spiro atoms. The summed E-state index contributed by atoms with van der Waals surface area (Å²) in [5.41, 5.74) is 0.537. The van der Waals surface area contributed by atoms with E-state index in [1.807, 2.05) is 6.92 Å². The van der Waals surface area contributed by atoms with Crippen molar-refractivity contribution in [1.29, 1.82) is 0 Å². The number of pyridine rings is 1. The molecule has 96 valence electrons. The lowest BCUT2D eigenvalue weighted by atomic mass is 10.2. The van der Waals surface area contributed by atoms with Crippen LogP contribution in [0, 0.1) is 0 Å². The molecule has 0 unspecified atom stereocenters. The van der Waals surface area contributed by atoms with Gasteiger partial charge in [-0.3, -0.25) is 14.6 Å². The van der Waals surface area contributed by atoms with Gasteiger partial charge >= 0.3 is 0 Å². The molecular weight excluding hydrogens is 298 g/mol. The molecule has 1 aromatic heterocycles. The monoisotopic (exact) mass is 311 g/mol. The van der Waals surface area contributed by atoms with E-state index in [4.69, 9.17) is 0 Å². The average Bonchev–Trinajstić information content (AvgIpc) is 2.86. The molecule has 0 aliphatic carbocycles. The molecule has 2 rings (SSSR count). The number of aromatic nitrogens is 1. The van der Waals surface area contributed by atoms with Gasteiger partial charge in [0.2, 0.25) is 5.91 Å². The minimum absolute atomic E-state index is 0.0812. The van der Waals surface area contributed by atoms with Gasteiger partial charge in [0.25, 0.3) is 5.91 Å². The van der Waals surface area contributed by atoms with Crippen molar-refractivity contribution < 1.29 is 9.59 Å². The number of carbonyl (C=O) groups excluding carboxylic acids is 2. The number of nitrogens with zero attached hydrogens (tertiary/aromatic N) is 3. The largest absolute Gasteiger partial charge is 0.323 e. The first-order valence-corrected chi connectivity index (χ1v) is 6.58. The van der Waals surface area contributed by atoms with Gasteiger partial charge in [-0.05, 0) is 22.0 Å². The van der Waals surface area contributed by atoms with Crippen LogP contribution in [-0.4, -0.2) is 46.4 Å². The molecule has 0 N–H and O–H groups in total. The molecule has 0 bridgehead atoms. The predicted molar refractivity (Wildman–Crippen MR) is 69.8 cm³/mol. The zero-order chi connectivity index (χ0) is 13.1. The highest BCUT2D eigenvalue weighted by Crippen LogP contribution is 2.14. The number of hydrogen-bond acceptors (Lipinski definition) is 3. The fourth-order valence-corrected chi connectivity index (χ4v) is 2.26. The van der Waals surface area contributed by atoms with Gasteiger partial charge in [-0.15, -0.1) is 0 Å². The van der Waals surface area contributed by atoms with Crippen LogP contribution in [0.1, 0.15) is 23.7 Å². The smallest absolute Gasteiger partial charge is 0.256 e.